The van der Waals surface area contributed by atoms with Gasteiger partial charge in [-0.2, -0.15) is 0 Å². The Morgan fingerprint density at radius 2 is 0.491 bits per heavy atom. The number of rotatable bonds is 74. The minimum Gasteiger partial charge on any atom is -0.462 e. The molecular weight excluding hydrogens is 1430 g/mol. The van der Waals surface area contributed by atoms with Crippen LogP contribution in [-0.4, -0.2) is 96.7 Å². The van der Waals surface area contributed by atoms with E-state index >= 15 is 0 Å². The molecule has 0 aromatic heterocycles. The number of carbonyl (C=O) groups is 4. The lowest BCUT2D eigenvalue weighted by Crippen LogP contribution is -2.30. The van der Waals surface area contributed by atoms with Crippen molar-refractivity contribution in [1.29, 1.82) is 0 Å². The van der Waals surface area contributed by atoms with Gasteiger partial charge in [0.25, 0.3) is 0 Å². The van der Waals surface area contributed by atoms with Crippen molar-refractivity contribution >= 4 is 39.5 Å². The molecule has 0 aromatic carbocycles. The minimum absolute atomic E-state index is 0.0173. The monoisotopic (exact) mass is 1570 g/mol. The first-order valence-electron chi connectivity index (χ1n) is 41.0. The van der Waals surface area contributed by atoms with Gasteiger partial charge in [0.15, 0.2) is 12.2 Å². The number of ether oxygens (including phenoxy) is 4. The highest BCUT2D eigenvalue weighted by atomic mass is 31.2. The third-order valence-electron chi connectivity index (χ3n) is 15.9. The summed E-state index contributed by atoms with van der Waals surface area (Å²) in [6, 6.07) is 0. The fourth-order valence-corrected chi connectivity index (χ4v) is 11.4. The maximum absolute atomic E-state index is 13.1. The molecule has 0 amide bonds. The molecule has 0 saturated heterocycles. The van der Waals surface area contributed by atoms with Crippen LogP contribution in [-0.2, 0) is 65.4 Å². The second kappa shape index (κ2) is 80.4. The molecule has 0 aliphatic carbocycles. The van der Waals surface area contributed by atoms with Crippen molar-refractivity contribution in [2.75, 3.05) is 39.6 Å². The fraction of sp³-hybridized carbons (Fsp3) is 0.560. The Balaban J connectivity index is 5.56. The van der Waals surface area contributed by atoms with Crippen molar-refractivity contribution in [2.24, 2.45) is 0 Å². The van der Waals surface area contributed by atoms with E-state index in [0.717, 1.165) is 154 Å². The third-order valence-corrected chi connectivity index (χ3v) is 17.8. The van der Waals surface area contributed by atoms with E-state index in [0.29, 0.717) is 38.5 Å². The molecule has 0 spiro atoms. The Morgan fingerprint density at radius 3 is 0.782 bits per heavy atom. The smallest absolute Gasteiger partial charge is 0.462 e. The fourth-order valence-electron chi connectivity index (χ4n) is 9.82. The zero-order valence-corrected chi connectivity index (χ0v) is 69.4. The average molecular weight is 1570 g/mol. The highest BCUT2D eigenvalue weighted by Crippen LogP contribution is 2.45. The van der Waals surface area contributed by atoms with Crippen LogP contribution in [0.4, 0.5) is 0 Å². The summed E-state index contributed by atoms with van der Waals surface area (Å²) >= 11 is 0. The molecule has 0 heterocycles. The zero-order chi connectivity index (χ0) is 80.3. The maximum atomic E-state index is 13.1. The number of hydrogen-bond acceptors (Lipinski definition) is 15. The van der Waals surface area contributed by atoms with E-state index in [1.54, 1.807) is 0 Å². The minimum atomic E-state index is -5.02. The summed E-state index contributed by atoms with van der Waals surface area (Å²) in [7, 11) is -10.0. The van der Waals surface area contributed by atoms with E-state index in [1.807, 2.05) is 36.5 Å². The molecule has 5 atom stereocenters. The van der Waals surface area contributed by atoms with E-state index in [-0.39, 0.29) is 25.7 Å². The summed E-state index contributed by atoms with van der Waals surface area (Å²) in [5.41, 5.74) is 0. The highest BCUT2D eigenvalue weighted by Gasteiger charge is 2.30. The lowest BCUT2D eigenvalue weighted by atomic mass is 10.1. The molecule has 618 valence electrons. The molecule has 0 saturated carbocycles. The Hall–Kier alpha value is -6.62. The molecule has 0 aromatic rings. The van der Waals surface area contributed by atoms with Crippen molar-refractivity contribution < 1.29 is 80.2 Å². The van der Waals surface area contributed by atoms with Crippen LogP contribution < -0.4 is 0 Å². The molecular formula is C91H142O17P2. The van der Waals surface area contributed by atoms with E-state index in [4.69, 9.17) is 37.0 Å². The predicted molar refractivity (Wildman–Crippen MR) is 454 cm³/mol. The maximum Gasteiger partial charge on any atom is 0.472 e. The van der Waals surface area contributed by atoms with Gasteiger partial charge in [0.1, 0.15) is 19.3 Å². The number of carbonyl (C=O) groups excluding carboxylic acids is 4. The number of aliphatic hydroxyl groups is 1. The van der Waals surface area contributed by atoms with Crippen LogP contribution in [0.3, 0.4) is 0 Å². The van der Waals surface area contributed by atoms with E-state index in [9.17, 15) is 43.2 Å². The number of phosphoric ester groups is 2. The summed E-state index contributed by atoms with van der Waals surface area (Å²) in [6.07, 6.45) is 102. The molecule has 0 rings (SSSR count). The lowest BCUT2D eigenvalue weighted by molar-refractivity contribution is -0.161. The Kier molecular flexibility index (Phi) is 75.6. The molecule has 0 aliphatic rings. The molecule has 2 unspecified atom stereocenters. The molecule has 0 bridgehead atoms. The quantitative estimate of drug-likeness (QED) is 0.0169. The van der Waals surface area contributed by atoms with Crippen molar-refractivity contribution in [1.82, 2.24) is 0 Å². The summed E-state index contributed by atoms with van der Waals surface area (Å²) in [6.45, 7) is 4.26. The van der Waals surface area contributed by atoms with Crippen molar-refractivity contribution in [3.05, 3.63) is 219 Å². The molecule has 19 heteroatoms. The van der Waals surface area contributed by atoms with E-state index in [1.165, 1.54) is 25.7 Å². The number of esters is 4. The molecule has 3 N–H and O–H groups in total. The predicted octanol–water partition coefficient (Wildman–Crippen LogP) is 24.4. The lowest BCUT2D eigenvalue weighted by Gasteiger charge is -2.21. The first-order chi connectivity index (χ1) is 53.7. The average Bonchev–Trinajstić information content (AvgIpc) is 0.900. The molecule has 0 radical (unpaired) electrons. The van der Waals surface area contributed by atoms with E-state index in [2.05, 4.69) is 210 Å². The zero-order valence-electron chi connectivity index (χ0n) is 67.6. The van der Waals surface area contributed by atoms with Gasteiger partial charge < -0.3 is 33.8 Å². The van der Waals surface area contributed by atoms with Crippen LogP contribution in [0.25, 0.3) is 0 Å². The van der Waals surface area contributed by atoms with Gasteiger partial charge in [-0.1, -0.05) is 291 Å². The first-order valence-corrected chi connectivity index (χ1v) is 44.0. The van der Waals surface area contributed by atoms with Gasteiger partial charge in [-0.3, -0.25) is 37.3 Å². The normalized spacial score (nSPS) is 14.9. The highest BCUT2D eigenvalue weighted by molar-refractivity contribution is 7.47. The second-order valence-corrected chi connectivity index (χ2v) is 29.1. The molecule has 0 fully saturated rings. The first kappa shape index (κ1) is 103. The van der Waals surface area contributed by atoms with Crippen LogP contribution in [0, 0.1) is 0 Å². The summed E-state index contributed by atoms with van der Waals surface area (Å²) in [5, 5.41) is 10.7. The Labute approximate surface area is 664 Å². The third kappa shape index (κ3) is 79.5. The SMILES string of the molecule is CC/C=C\C/C=C\C/C=C\C/C=C\C/C=C\C/C=C\CCC(=O)OC[C@H](COP(=O)(O)OC[C@@H](O)COP(=O)(O)OC[C@@H](COC(=O)CC/C=C\C/C=C\C/C=C\C/C=C\C/C=C\C/C=C\CC)OC(=O)CCCCCCC/C=C\CCCCCC)OC(=O)CCCCC/C=C\C/C=C\C/C=C\C/C=C\C/C=C\CC. The van der Waals surface area contributed by atoms with Crippen LogP contribution in [0.1, 0.15) is 272 Å². The van der Waals surface area contributed by atoms with Crippen molar-refractivity contribution in [3.8, 4) is 0 Å². The van der Waals surface area contributed by atoms with Crippen LogP contribution >= 0.6 is 15.6 Å². The largest absolute Gasteiger partial charge is 0.472 e. The topological polar surface area (TPSA) is 237 Å². The summed E-state index contributed by atoms with van der Waals surface area (Å²) < 4.78 is 68.5. The van der Waals surface area contributed by atoms with Gasteiger partial charge in [-0.15, -0.1) is 0 Å². The number of hydrogen-bond donors (Lipinski definition) is 3. The summed E-state index contributed by atoms with van der Waals surface area (Å²) in [4.78, 5) is 73.1. The molecule has 0 aliphatic heterocycles. The number of unbranched alkanes of at least 4 members (excludes halogenated alkanes) is 12. The number of phosphoric acid groups is 2. The number of allylic oxidation sites excluding steroid dienone is 36. The van der Waals surface area contributed by atoms with E-state index < -0.39 is 97.5 Å². The van der Waals surface area contributed by atoms with Gasteiger partial charge in [-0.25, -0.2) is 9.13 Å². The summed E-state index contributed by atoms with van der Waals surface area (Å²) in [5.74, 6) is -2.44. The van der Waals surface area contributed by atoms with Gasteiger partial charge >= 0.3 is 39.5 Å². The van der Waals surface area contributed by atoms with Gasteiger partial charge in [-0.05, 0) is 173 Å². The van der Waals surface area contributed by atoms with Crippen LogP contribution in [0.2, 0.25) is 0 Å². The van der Waals surface area contributed by atoms with Crippen LogP contribution in [0.5, 0.6) is 0 Å². The Morgan fingerprint density at radius 1 is 0.264 bits per heavy atom. The molecule has 17 nitrogen and oxygen atoms in total. The number of aliphatic hydroxyl groups excluding tert-OH is 1. The standard InChI is InChI=1S/C91H142O17P2/c1-5-9-13-17-21-25-29-33-36-39-42-45-48-52-55-59-63-67-71-75-88(93)101-81-86(107-90(95)77-73-69-65-61-57-51-32-28-24-20-16-12-8-4)83-105-109(97,98)103-79-85(92)80-104-110(99,100)106-84-87(108-91(96)78-74-70-66-62-58-54-50-47-44-41-38-35-31-27-23-19-15-11-7-3)82-102-89(94)76-72-68-64-60-56-53-49-46-43-40-37-34-30-26-22-18-14-10-6-2/h9-11,13-15,21-23,25-28,32-38,42-47,52-56,58,63-64,67-68,85-87,92H,5-8,12,16-20,24,29-31,39-41,48-51,57,59-62,65-66,69-84H2,1-4H3,(H,97,98)(H,99,100)/b13-9-,14-10-,15-11-,25-21-,26-22-,27-23-,32-28-,36-33-,37-34-,38-35-,45-42-,46-43-,47-44-,55-52-,56-53-,58-54-,67-63-,68-64-/t85-,86+,87+/m0/s1. The van der Waals surface area contributed by atoms with Gasteiger partial charge in [0.05, 0.1) is 26.4 Å². The van der Waals surface area contributed by atoms with Crippen molar-refractivity contribution in [2.45, 2.75) is 290 Å². The van der Waals surface area contributed by atoms with Crippen LogP contribution in [0.15, 0.2) is 219 Å². The second-order valence-electron chi connectivity index (χ2n) is 26.2. The van der Waals surface area contributed by atoms with Gasteiger partial charge in [0, 0.05) is 25.7 Å². The van der Waals surface area contributed by atoms with Gasteiger partial charge in [0.2, 0.25) is 0 Å². The van der Waals surface area contributed by atoms with Crippen molar-refractivity contribution in [3.63, 3.8) is 0 Å². The molecule has 110 heavy (non-hydrogen) atoms. The Bertz CT molecular complexity index is 2950.